The van der Waals surface area contributed by atoms with E-state index in [0.29, 0.717) is 12.8 Å². The molecule has 1 aromatic rings. The van der Waals surface area contributed by atoms with Gasteiger partial charge >= 0.3 is 5.97 Å². The zero-order chi connectivity index (χ0) is 24.2. The second-order valence-electron chi connectivity index (χ2n) is 12.0. The van der Waals surface area contributed by atoms with Crippen molar-refractivity contribution in [1.29, 1.82) is 0 Å². The third kappa shape index (κ3) is 2.97. The second kappa shape index (κ2) is 7.12. The van der Waals surface area contributed by atoms with E-state index in [0.717, 1.165) is 61.4 Å². The lowest BCUT2D eigenvalue weighted by Gasteiger charge is -2.44. The Bertz CT molecular complexity index is 1090. The number of carbonyl (C=O) groups excluding carboxylic acids is 1. The zero-order valence-corrected chi connectivity index (χ0v) is 21.1. The Kier molecular flexibility index (Phi) is 4.54. The molecule has 1 spiro atoms. The van der Waals surface area contributed by atoms with Gasteiger partial charge in [-0.15, -0.1) is 0 Å². The van der Waals surface area contributed by atoms with Crippen LogP contribution in [0.5, 0.6) is 11.5 Å². The van der Waals surface area contributed by atoms with Gasteiger partial charge in [0.05, 0.1) is 11.7 Å². The first-order valence-electron chi connectivity index (χ1n) is 13.0. The summed E-state index contributed by atoms with van der Waals surface area (Å²) in [6, 6.07) is 4.16. The molecule has 1 saturated carbocycles. The molecule has 1 unspecified atom stereocenters. The molecule has 0 amide bonds. The third-order valence-electron chi connectivity index (χ3n) is 9.47. The van der Waals surface area contributed by atoms with Crippen molar-refractivity contribution in [3.05, 3.63) is 23.3 Å². The molecule has 0 aromatic heterocycles. The summed E-state index contributed by atoms with van der Waals surface area (Å²) >= 11 is 0. The molecule has 35 heavy (non-hydrogen) atoms. The lowest BCUT2D eigenvalue weighted by atomic mass is 9.78. The van der Waals surface area contributed by atoms with Gasteiger partial charge in [0.25, 0.3) is 0 Å². The molecule has 0 N–H and O–H groups in total. The predicted octanol–water partition coefficient (Wildman–Crippen LogP) is 3.81. The average Bonchev–Trinajstić information content (AvgIpc) is 3.42. The molecule has 7 aliphatic rings. The van der Waals surface area contributed by atoms with Crippen molar-refractivity contribution < 1.29 is 33.2 Å². The molecule has 4 bridgehead atoms. The van der Waals surface area contributed by atoms with Crippen LogP contribution in [0, 0.1) is 0 Å². The molecule has 0 radical (unpaired) electrons. The quantitative estimate of drug-likeness (QED) is 0.599. The van der Waals surface area contributed by atoms with Gasteiger partial charge in [-0.05, 0) is 82.7 Å². The molecule has 3 saturated heterocycles. The fourth-order valence-electron chi connectivity index (χ4n) is 8.02. The van der Waals surface area contributed by atoms with Gasteiger partial charge in [0.15, 0.2) is 23.2 Å². The van der Waals surface area contributed by atoms with E-state index in [1.54, 1.807) is 7.11 Å². The highest BCUT2D eigenvalue weighted by molar-refractivity contribution is 5.80. The van der Waals surface area contributed by atoms with Crippen molar-refractivity contribution >= 4 is 5.97 Å². The highest BCUT2D eigenvalue weighted by Crippen LogP contribution is 2.65. The predicted molar refractivity (Wildman–Crippen MR) is 124 cm³/mol. The van der Waals surface area contributed by atoms with E-state index in [1.807, 2.05) is 20.8 Å². The summed E-state index contributed by atoms with van der Waals surface area (Å²) in [5.41, 5.74) is 0.671. The Morgan fingerprint density at radius 1 is 1.06 bits per heavy atom. The summed E-state index contributed by atoms with van der Waals surface area (Å²) in [6.07, 6.45) is 4.50. The van der Waals surface area contributed by atoms with Gasteiger partial charge in [-0.3, -0.25) is 4.90 Å². The second-order valence-corrected chi connectivity index (χ2v) is 12.0. The van der Waals surface area contributed by atoms with Gasteiger partial charge < -0.3 is 28.4 Å². The molecule has 1 aliphatic carbocycles. The van der Waals surface area contributed by atoms with Crippen LogP contribution >= 0.6 is 0 Å². The molecule has 190 valence electrons. The van der Waals surface area contributed by atoms with Crippen molar-refractivity contribution in [3.63, 3.8) is 0 Å². The van der Waals surface area contributed by atoms with Crippen molar-refractivity contribution in [2.24, 2.45) is 0 Å². The van der Waals surface area contributed by atoms with Crippen molar-refractivity contribution in [1.82, 2.24) is 4.90 Å². The summed E-state index contributed by atoms with van der Waals surface area (Å²) < 4.78 is 37.4. The minimum absolute atomic E-state index is 0.0916. The van der Waals surface area contributed by atoms with E-state index in [9.17, 15) is 4.79 Å². The molecule has 6 heterocycles. The zero-order valence-electron chi connectivity index (χ0n) is 21.1. The normalized spacial score (nSPS) is 42.5. The molecule has 6 atom stereocenters. The maximum Gasteiger partial charge on any atom is 0.338 e. The largest absolute Gasteiger partial charge is 0.454 e. The Hall–Kier alpha value is -1.87. The lowest BCUT2D eigenvalue weighted by molar-refractivity contribution is -0.287. The van der Waals surface area contributed by atoms with Crippen molar-refractivity contribution in [2.75, 3.05) is 27.0 Å². The van der Waals surface area contributed by atoms with Gasteiger partial charge in [0.1, 0.15) is 0 Å². The van der Waals surface area contributed by atoms with Crippen LogP contribution in [0.25, 0.3) is 0 Å². The van der Waals surface area contributed by atoms with E-state index in [4.69, 9.17) is 28.4 Å². The maximum atomic E-state index is 13.8. The highest BCUT2D eigenvalue weighted by Gasteiger charge is 2.72. The van der Waals surface area contributed by atoms with Crippen LogP contribution in [0.3, 0.4) is 0 Å². The number of esters is 1. The maximum absolute atomic E-state index is 13.8. The molecule has 8 heteroatoms. The number of ether oxygens (including phenoxy) is 6. The minimum atomic E-state index is -1.02. The fraction of sp³-hybridized carbons (Fsp3) is 0.741. The van der Waals surface area contributed by atoms with Gasteiger partial charge in [-0.25, -0.2) is 4.79 Å². The van der Waals surface area contributed by atoms with E-state index in [1.165, 1.54) is 0 Å². The summed E-state index contributed by atoms with van der Waals surface area (Å²) in [4.78, 5) is 16.4. The minimum Gasteiger partial charge on any atom is -0.454 e. The van der Waals surface area contributed by atoms with Gasteiger partial charge in [-0.2, -0.15) is 0 Å². The monoisotopic (exact) mass is 485 g/mol. The van der Waals surface area contributed by atoms with E-state index in [-0.39, 0.29) is 35.9 Å². The lowest BCUT2D eigenvalue weighted by Crippen LogP contribution is -2.54. The summed E-state index contributed by atoms with van der Waals surface area (Å²) in [6.45, 7) is 7.97. The number of rotatable bonds is 3. The van der Waals surface area contributed by atoms with Crippen LogP contribution in [0.15, 0.2) is 12.1 Å². The summed E-state index contributed by atoms with van der Waals surface area (Å²) in [5, 5.41) is 0. The van der Waals surface area contributed by atoms with Crippen LogP contribution in [-0.4, -0.2) is 66.5 Å². The Morgan fingerprint density at radius 2 is 1.83 bits per heavy atom. The number of methoxy groups -OCH3 is 1. The van der Waals surface area contributed by atoms with Crippen LogP contribution in [0.4, 0.5) is 0 Å². The molecule has 4 fully saturated rings. The Labute approximate surface area is 206 Å². The van der Waals surface area contributed by atoms with Crippen molar-refractivity contribution in [3.8, 4) is 11.5 Å². The fourth-order valence-corrected chi connectivity index (χ4v) is 8.02. The first-order valence-corrected chi connectivity index (χ1v) is 13.0. The number of hydrogen-bond acceptors (Lipinski definition) is 8. The van der Waals surface area contributed by atoms with Gasteiger partial charge in [-0.1, -0.05) is 0 Å². The number of hydrogen-bond donors (Lipinski definition) is 0. The standard InChI is InChI=1S/C27H35NO7/c1-24(2)7-5-8-25(3,35-24)23(29)33-22-21-17-12-19-18(31-15-32-19)11-16(17)20-13-28-10-6-9-26(21,28)14-27(22,30-4)34-20/h11-12,20-22H,5-10,13-15H2,1-4H3/t20-,21+,22?,25-,26-,27+/m0/s1. The van der Waals surface area contributed by atoms with Crippen LogP contribution in [0.2, 0.25) is 0 Å². The smallest absolute Gasteiger partial charge is 0.338 e. The topological polar surface area (TPSA) is 75.7 Å². The molecular weight excluding hydrogens is 450 g/mol. The van der Waals surface area contributed by atoms with Gasteiger partial charge in [0.2, 0.25) is 12.6 Å². The molecule has 8 nitrogen and oxygen atoms in total. The van der Waals surface area contributed by atoms with E-state index >= 15 is 0 Å². The number of carbonyl (C=O) groups is 1. The van der Waals surface area contributed by atoms with Crippen LogP contribution in [-0.2, 0) is 23.7 Å². The highest BCUT2D eigenvalue weighted by atomic mass is 16.7. The summed E-state index contributed by atoms with van der Waals surface area (Å²) in [7, 11) is 1.68. The average molecular weight is 486 g/mol. The first-order chi connectivity index (χ1) is 16.7. The molecule has 6 aliphatic heterocycles. The number of fused-ring (bicyclic) bond motifs is 1. The summed E-state index contributed by atoms with van der Waals surface area (Å²) in [5.74, 6) is 0.0572. The van der Waals surface area contributed by atoms with Crippen LogP contribution in [0.1, 0.15) is 82.4 Å². The Balaban J connectivity index is 1.35. The number of nitrogens with zero attached hydrogens (tertiary/aromatic N) is 1. The van der Waals surface area contributed by atoms with Crippen molar-refractivity contribution in [2.45, 2.75) is 100.0 Å². The first kappa shape index (κ1) is 22.3. The van der Waals surface area contributed by atoms with E-state index < -0.39 is 17.5 Å². The molecular formula is C27H35NO7. The van der Waals surface area contributed by atoms with E-state index in [2.05, 4.69) is 17.0 Å². The SMILES string of the molecule is CO[C@]12C[C@]34CCCN3C[C@H](O1)c1cc3c(cc1[C@@H]4C2OC(=O)[C@]1(C)CCCC(C)(C)O1)OCO3. The van der Waals surface area contributed by atoms with Crippen LogP contribution < -0.4 is 9.47 Å². The molecule has 8 rings (SSSR count). The third-order valence-corrected chi connectivity index (χ3v) is 9.47. The van der Waals surface area contributed by atoms with Gasteiger partial charge in [0, 0.05) is 31.5 Å². The number of benzene rings is 1. The Morgan fingerprint density at radius 3 is 2.57 bits per heavy atom. The molecule has 1 aromatic carbocycles.